The lowest BCUT2D eigenvalue weighted by molar-refractivity contribution is 0.0694. The van der Waals surface area contributed by atoms with Crippen molar-refractivity contribution in [2.45, 2.75) is 38.6 Å². The van der Waals surface area contributed by atoms with E-state index in [0.29, 0.717) is 22.3 Å². The lowest BCUT2D eigenvalue weighted by atomic mass is 10.1. The minimum absolute atomic E-state index is 0.00407. The lowest BCUT2D eigenvalue weighted by Crippen LogP contribution is -2.38. The molecule has 0 radical (unpaired) electrons. The molecule has 1 aliphatic rings. The topological polar surface area (TPSA) is 46.3 Å². The molecule has 1 amide bonds. The Morgan fingerprint density at radius 2 is 2.11 bits per heavy atom. The molecule has 2 rings (SSSR count). The summed E-state index contributed by atoms with van der Waals surface area (Å²) in [5.41, 5.74) is 6.90. The summed E-state index contributed by atoms with van der Waals surface area (Å²) in [4.78, 5) is 14.4. The molecule has 0 heterocycles. The van der Waals surface area contributed by atoms with Crippen LogP contribution in [0.1, 0.15) is 43.0 Å². The summed E-state index contributed by atoms with van der Waals surface area (Å²) in [6.45, 7) is 2.73. The molecule has 18 heavy (non-hydrogen) atoms. The number of rotatable bonds is 3. The molecule has 0 unspecified atom stereocenters. The fraction of sp³-hybridized carbons (Fsp3) is 0.500. The Morgan fingerprint density at radius 3 is 2.72 bits per heavy atom. The summed E-state index contributed by atoms with van der Waals surface area (Å²) in [5, 5.41) is 0.551. The van der Waals surface area contributed by atoms with Gasteiger partial charge in [0.1, 0.15) is 0 Å². The molecule has 0 aliphatic heterocycles. The monoisotopic (exact) mass is 266 g/mol. The predicted molar refractivity (Wildman–Crippen MR) is 74.8 cm³/mol. The van der Waals surface area contributed by atoms with Crippen molar-refractivity contribution in [2.75, 3.05) is 12.3 Å². The minimum atomic E-state index is 0.00407. The van der Waals surface area contributed by atoms with E-state index in [4.69, 9.17) is 17.3 Å². The second kappa shape index (κ2) is 5.61. The molecule has 3 nitrogen and oxygen atoms in total. The van der Waals surface area contributed by atoms with Gasteiger partial charge in [-0.1, -0.05) is 24.4 Å². The highest BCUT2D eigenvalue weighted by molar-refractivity contribution is 6.31. The van der Waals surface area contributed by atoms with E-state index < -0.39 is 0 Å². The van der Waals surface area contributed by atoms with Crippen LogP contribution in [0.25, 0.3) is 0 Å². The molecule has 98 valence electrons. The van der Waals surface area contributed by atoms with Gasteiger partial charge in [-0.3, -0.25) is 4.79 Å². The van der Waals surface area contributed by atoms with Gasteiger partial charge >= 0.3 is 0 Å². The minimum Gasteiger partial charge on any atom is -0.398 e. The maximum atomic E-state index is 12.5. The van der Waals surface area contributed by atoms with E-state index >= 15 is 0 Å². The van der Waals surface area contributed by atoms with Gasteiger partial charge in [0.25, 0.3) is 5.91 Å². The molecule has 0 bridgehead atoms. The molecule has 4 heteroatoms. The number of amides is 1. The van der Waals surface area contributed by atoms with Gasteiger partial charge in [-0.15, -0.1) is 0 Å². The Morgan fingerprint density at radius 1 is 1.44 bits per heavy atom. The van der Waals surface area contributed by atoms with Gasteiger partial charge < -0.3 is 10.6 Å². The molecule has 1 saturated carbocycles. The summed E-state index contributed by atoms with van der Waals surface area (Å²) in [6.07, 6.45) is 4.61. The molecule has 0 aromatic heterocycles. The van der Waals surface area contributed by atoms with Crippen molar-refractivity contribution in [2.24, 2.45) is 0 Å². The molecule has 2 N–H and O–H groups in total. The number of halogens is 1. The van der Waals surface area contributed by atoms with Crippen molar-refractivity contribution < 1.29 is 4.79 Å². The molecule has 0 atom stereocenters. The van der Waals surface area contributed by atoms with Gasteiger partial charge in [0.05, 0.1) is 5.56 Å². The Kier molecular flexibility index (Phi) is 4.12. The molecule has 0 saturated heterocycles. The van der Waals surface area contributed by atoms with Gasteiger partial charge in [0, 0.05) is 23.3 Å². The number of nitrogens with zero attached hydrogens (tertiary/aromatic N) is 1. The predicted octanol–water partition coefficient (Wildman–Crippen LogP) is 3.33. The van der Waals surface area contributed by atoms with Gasteiger partial charge in [-0.05, 0) is 38.0 Å². The van der Waals surface area contributed by atoms with Crippen molar-refractivity contribution in [1.29, 1.82) is 0 Å². The van der Waals surface area contributed by atoms with E-state index in [-0.39, 0.29) is 5.91 Å². The van der Waals surface area contributed by atoms with Gasteiger partial charge in [0.15, 0.2) is 0 Å². The van der Waals surface area contributed by atoms with Crippen LogP contribution in [0.5, 0.6) is 0 Å². The summed E-state index contributed by atoms with van der Waals surface area (Å²) < 4.78 is 0. The number of hydrogen-bond acceptors (Lipinski definition) is 2. The Labute approximate surface area is 113 Å². The average molecular weight is 267 g/mol. The highest BCUT2D eigenvalue weighted by Crippen LogP contribution is 2.27. The van der Waals surface area contributed by atoms with Crippen LogP contribution < -0.4 is 5.73 Å². The van der Waals surface area contributed by atoms with Crippen molar-refractivity contribution >= 4 is 23.2 Å². The largest absolute Gasteiger partial charge is 0.398 e. The summed E-state index contributed by atoms with van der Waals surface area (Å²) in [5.74, 6) is 0.00407. The van der Waals surface area contributed by atoms with E-state index in [2.05, 4.69) is 0 Å². The van der Waals surface area contributed by atoms with Crippen LogP contribution in [0.3, 0.4) is 0 Å². The molecular weight excluding hydrogens is 248 g/mol. The second-order valence-corrected chi connectivity index (χ2v) is 5.20. The fourth-order valence-electron chi connectivity index (χ4n) is 2.65. The normalized spacial score (nSPS) is 15.9. The van der Waals surface area contributed by atoms with Crippen LogP contribution in [-0.2, 0) is 0 Å². The van der Waals surface area contributed by atoms with Crippen LogP contribution in [0.4, 0.5) is 5.69 Å². The van der Waals surface area contributed by atoms with Crippen molar-refractivity contribution in [1.82, 2.24) is 4.90 Å². The number of nitrogens with two attached hydrogens (primary N) is 1. The first-order valence-corrected chi connectivity index (χ1v) is 6.87. The van der Waals surface area contributed by atoms with E-state index in [9.17, 15) is 4.79 Å². The van der Waals surface area contributed by atoms with E-state index in [0.717, 1.165) is 19.4 Å². The number of benzene rings is 1. The Hall–Kier alpha value is -1.22. The van der Waals surface area contributed by atoms with Crippen LogP contribution in [0.15, 0.2) is 18.2 Å². The third kappa shape index (κ3) is 2.61. The van der Waals surface area contributed by atoms with Crippen molar-refractivity contribution in [3.05, 3.63) is 28.8 Å². The smallest absolute Gasteiger partial charge is 0.256 e. The molecule has 1 aromatic rings. The second-order valence-electron chi connectivity index (χ2n) is 4.76. The molecule has 1 aromatic carbocycles. The van der Waals surface area contributed by atoms with E-state index in [1.54, 1.807) is 18.2 Å². The Balaban J connectivity index is 2.25. The summed E-state index contributed by atoms with van der Waals surface area (Å²) in [7, 11) is 0. The van der Waals surface area contributed by atoms with Crippen LogP contribution in [-0.4, -0.2) is 23.4 Å². The fourth-order valence-corrected chi connectivity index (χ4v) is 2.82. The first kappa shape index (κ1) is 13.2. The first-order valence-electron chi connectivity index (χ1n) is 6.49. The third-order valence-electron chi connectivity index (χ3n) is 3.61. The number of carbonyl (C=O) groups is 1. The van der Waals surface area contributed by atoms with Gasteiger partial charge in [0.2, 0.25) is 0 Å². The van der Waals surface area contributed by atoms with Crippen LogP contribution in [0, 0.1) is 0 Å². The molecule has 1 aliphatic carbocycles. The summed E-state index contributed by atoms with van der Waals surface area (Å²) >= 11 is 5.94. The third-order valence-corrected chi connectivity index (χ3v) is 3.85. The standard InChI is InChI=1S/C14H19ClN2O/c1-2-17(11-5-3-4-6-11)14(18)12-9-10(15)7-8-13(12)16/h7-9,11H,2-6,16H2,1H3. The highest BCUT2D eigenvalue weighted by atomic mass is 35.5. The van der Waals surface area contributed by atoms with E-state index in [1.165, 1.54) is 12.8 Å². The van der Waals surface area contributed by atoms with E-state index in [1.807, 2.05) is 11.8 Å². The average Bonchev–Trinajstić information content (AvgIpc) is 2.87. The molecular formula is C14H19ClN2O. The van der Waals surface area contributed by atoms with Crippen molar-refractivity contribution in [3.8, 4) is 0 Å². The maximum absolute atomic E-state index is 12.5. The number of anilines is 1. The molecule has 0 spiro atoms. The SMILES string of the molecule is CCN(C(=O)c1cc(Cl)ccc1N)C1CCCC1. The lowest BCUT2D eigenvalue weighted by Gasteiger charge is -2.28. The number of carbonyl (C=O) groups excluding carboxylic acids is 1. The van der Waals surface area contributed by atoms with Crippen LogP contribution >= 0.6 is 11.6 Å². The van der Waals surface area contributed by atoms with Gasteiger partial charge in [-0.2, -0.15) is 0 Å². The highest BCUT2D eigenvalue weighted by Gasteiger charge is 2.27. The number of hydrogen-bond donors (Lipinski definition) is 1. The zero-order valence-electron chi connectivity index (χ0n) is 10.7. The van der Waals surface area contributed by atoms with Crippen molar-refractivity contribution in [3.63, 3.8) is 0 Å². The van der Waals surface area contributed by atoms with Crippen LogP contribution in [0.2, 0.25) is 5.02 Å². The van der Waals surface area contributed by atoms with Gasteiger partial charge in [-0.25, -0.2) is 0 Å². The zero-order valence-corrected chi connectivity index (χ0v) is 11.4. The number of nitrogen functional groups attached to an aromatic ring is 1. The Bertz CT molecular complexity index is 441. The maximum Gasteiger partial charge on any atom is 0.256 e. The molecule has 1 fully saturated rings. The zero-order chi connectivity index (χ0) is 13.1. The first-order chi connectivity index (χ1) is 8.63. The quantitative estimate of drug-likeness (QED) is 0.853. The summed E-state index contributed by atoms with van der Waals surface area (Å²) in [6, 6.07) is 5.43.